The molecule has 20 fully saturated rings. The second-order valence-electron chi connectivity index (χ2n) is 34.5. The third-order valence-corrected chi connectivity index (χ3v) is 26.3. The number of piperidine rings is 2. The Morgan fingerprint density at radius 3 is 0.971 bits per heavy atom. The minimum absolute atomic E-state index is 0. The second kappa shape index (κ2) is 106. The number of hydrogen-bond acceptors (Lipinski definition) is 34. The molecule has 0 aromatic carbocycles. The molecule has 802 valence electrons. The van der Waals surface area contributed by atoms with Crippen LogP contribution < -0.4 is 69.3 Å². The molecule has 33 nitrogen and oxygen atoms in total. The maximum atomic E-state index is 10.4. The van der Waals surface area contributed by atoms with E-state index in [1.807, 2.05) is 41.2 Å². The molecule has 0 spiro atoms. The number of morpholine rings is 1. The van der Waals surface area contributed by atoms with Gasteiger partial charge in [0.25, 0.3) is 0 Å². The zero-order valence-corrected chi connectivity index (χ0v) is 87.3. The first-order chi connectivity index (χ1) is 67.4. The van der Waals surface area contributed by atoms with Crippen molar-refractivity contribution < 1.29 is 84.6 Å². The molecule has 0 unspecified atom stereocenters. The normalized spacial score (nSPS) is 23.5. The van der Waals surface area contributed by atoms with E-state index in [2.05, 4.69) is 133 Å². The number of aliphatic imine (C=N–C) groups is 2. The number of carbonyl (C=O) groups is 7. The van der Waals surface area contributed by atoms with E-state index in [-0.39, 0.29) is 31.4 Å². The molecular formula is C101H191N15O18S4. The first-order valence-corrected chi connectivity index (χ1v) is 57.6. The van der Waals surface area contributed by atoms with Crippen molar-refractivity contribution in [2.75, 3.05) is 238 Å². The van der Waals surface area contributed by atoms with Crippen molar-refractivity contribution >= 4 is 99.2 Å². The summed E-state index contributed by atoms with van der Waals surface area (Å²) >= 11 is 5.73. The number of fused-ring (bicyclic) bond motifs is 2. The molecule has 25 aliphatic rings. The van der Waals surface area contributed by atoms with Gasteiger partial charge >= 0.3 is 18.0 Å². The first-order valence-electron chi connectivity index (χ1n) is 52.5. The van der Waals surface area contributed by atoms with Gasteiger partial charge in [-0.1, -0.05) is 44.9 Å². The SMILES string of the molecule is C.C1=CCNC1.C1=CNCCC1.C1=CSC=CN1.C1=NCCN1.C1=NCCO1.C1CC2CCC1O2.C1CCNC1.C1CCNCC1.C1CCNCC1.C1CCOC1.C1CCOCC1.C1CCSCC1.C1CNNC1.C1CO1.C1COCCN1.C1CSCN1.O=C1CCCC1.O=C1CCCC1.O=C1CCCC1.O=C1CCCN1.O=C1CCCO1.O=C1CCCO1.O=C1NCCCO1.O=S1(=O)CCCC1. The number of ketones is 3. The maximum Gasteiger partial charge on any atom is 0.407 e. The van der Waals surface area contributed by atoms with Crippen LogP contribution in [0.4, 0.5) is 4.79 Å². The van der Waals surface area contributed by atoms with Crippen LogP contribution in [0.15, 0.2) is 57.6 Å². The number of alkyl carbamates (subject to hydrolysis) is 1. The van der Waals surface area contributed by atoms with E-state index in [1.54, 1.807) is 18.1 Å². The summed E-state index contributed by atoms with van der Waals surface area (Å²) in [5.41, 5.74) is 5.94. The summed E-state index contributed by atoms with van der Waals surface area (Å²) in [5.74, 6) is 7.63. The largest absolute Gasteiger partial charge is 0.482 e. The number of epoxide rings is 1. The number of hydrazine groups is 1. The maximum absolute atomic E-state index is 10.4. The van der Waals surface area contributed by atoms with Crippen LogP contribution in [0.2, 0.25) is 0 Å². The van der Waals surface area contributed by atoms with Crippen molar-refractivity contribution in [1.82, 2.24) is 69.3 Å². The smallest absolute Gasteiger partial charge is 0.407 e. The summed E-state index contributed by atoms with van der Waals surface area (Å²) < 4.78 is 64.1. The Morgan fingerprint density at radius 2 is 0.826 bits per heavy atom. The molecule has 25 rings (SSSR count). The lowest BCUT2D eigenvalue weighted by Gasteiger charge is -2.10. The van der Waals surface area contributed by atoms with E-state index in [1.165, 1.54) is 223 Å². The van der Waals surface area contributed by atoms with Crippen molar-refractivity contribution in [3.05, 3.63) is 47.6 Å². The van der Waals surface area contributed by atoms with E-state index in [0.717, 1.165) is 260 Å². The number of hydrogen-bond donors (Lipinski definition) is 13. The highest BCUT2D eigenvalue weighted by molar-refractivity contribution is 8.04. The van der Waals surface area contributed by atoms with Gasteiger partial charge in [-0.3, -0.25) is 49.6 Å². The van der Waals surface area contributed by atoms with Crippen LogP contribution in [-0.4, -0.2) is 313 Å². The molecule has 138 heavy (non-hydrogen) atoms. The Hall–Kier alpha value is -5.33. The first kappa shape index (κ1) is 131. The number of amides is 2. The van der Waals surface area contributed by atoms with Gasteiger partial charge in [0.05, 0.1) is 89.4 Å². The van der Waals surface area contributed by atoms with Gasteiger partial charge < -0.3 is 101 Å². The predicted octanol–water partition coefficient (Wildman–Crippen LogP) is 13.3. The molecule has 0 aromatic heterocycles. The summed E-state index contributed by atoms with van der Waals surface area (Å²) in [7, 11) is -2.55. The highest BCUT2D eigenvalue weighted by Crippen LogP contribution is 2.33. The lowest BCUT2D eigenvalue weighted by molar-refractivity contribution is -0.138. The summed E-state index contributed by atoms with van der Waals surface area (Å²) in [6.45, 7) is 31.2. The predicted molar refractivity (Wildman–Crippen MR) is 569 cm³/mol. The number of thioether (sulfide) groups is 3. The number of carbonyl (C=O) groups excluding carboxylic acids is 7. The molecule has 0 radical (unpaired) electrons. The zero-order chi connectivity index (χ0) is 98.1. The number of nitrogens with zero attached hydrogens (tertiary/aromatic N) is 2. The topological polar surface area (TPSA) is 421 Å². The lowest BCUT2D eigenvalue weighted by Crippen LogP contribution is -2.31. The van der Waals surface area contributed by atoms with Crippen molar-refractivity contribution in [3.8, 4) is 0 Å². The summed E-state index contributed by atoms with van der Waals surface area (Å²) in [6, 6.07) is 0. The molecule has 17 saturated heterocycles. The molecule has 37 heteroatoms. The molecule has 13 N–H and O–H groups in total. The number of ether oxygens (including phenoxy) is 9. The number of nitrogens with one attached hydrogen (secondary N) is 13. The molecule has 22 aliphatic heterocycles. The van der Waals surface area contributed by atoms with Crippen molar-refractivity contribution in [1.29, 1.82) is 0 Å². The average molecular weight is 2030 g/mol. The van der Waals surface area contributed by atoms with Gasteiger partial charge in [0, 0.05) is 180 Å². The van der Waals surface area contributed by atoms with Gasteiger partial charge in [-0.2, -0.15) is 11.8 Å². The van der Waals surface area contributed by atoms with Crippen molar-refractivity contribution in [3.63, 3.8) is 0 Å². The van der Waals surface area contributed by atoms with Crippen molar-refractivity contribution in [2.24, 2.45) is 9.98 Å². The zero-order valence-electron chi connectivity index (χ0n) is 84.1. The van der Waals surface area contributed by atoms with Crippen LogP contribution >= 0.6 is 35.3 Å². The standard InChI is InChI=1S/C6H10O.2C5H11N.C5H9N.C5H10O.3C5H8O.C5H10S.C4H7NO2.C4H9NO.C4H7NO.C4H5NS.C4H9N.C4H7N.C4H8O2S.2C4H6O2.C4H8O.C3H6N2.C3H8N2.C3H5NO.C3H7NS.C2H4O.CH4/c1-2-6-4-3-5(1)7-6;4*1-2-4-6-5-3-1;3*6-5-3-1-2-4-5;1-2-4-6-5-3-1;6-4-5-2-1-3-7-4;1-3-6-4-2-5-1;6-4-2-1-3-5-4;1-3-6-4-2-5-1;2*1-2-4-5-3-1;5-7(6)3-1-2-4-7;2*5-4-2-1-3-6-4;1-2-4-5-3-1;1-2-5-3-4-1;1-2-4-5-3-1;2*1-2-5-3-4-1;1-2-3-1;/h5-6H,1-4H2;2*6H,1-5H2;2,4,6H,1,3,5H2;1-5H2;3*1-4H2;1-5H2;1-3H2,(H,5,6);5H,1-4H2;1-3H2,(H,5,6);1-5H;5H,1-4H2;1-2,5H,3-4H2;1-4H2;2*1-3H2;1-4H2;3H,1-2H2,(H,4,5);4-5H,1-3H2;3H,1-2H2;4H,1-3H2;1-2H2;1H4. The van der Waals surface area contributed by atoms with Gasteiger partial charge in [0.15, 0.2) is 6.40 Å². The highest BCUT2D eigenvalue weighted by Gasteiger charge is 2.31. The molecular weight excluding hydrogens is 1840 g/mol. The van der Waals surface area contributed by atoms with Gasteiger partial charge in [0.2, 0.25) is 5.91 Å². The minimum atomic E-state index is -2.55. The van der Waals surface area contributed by atoms with Gasteiger partial charge in [-0.25, -0.2) is 13.2 Å². The minimum Gasteiger partial charge on any atom is -0.482 e. The van der Waals surface area contributed by atoms with Gasteiger partial charge in [-0.15, -0.1) is 23.5 Å². The molecule has 2 amide bonds. The highest BCUT2D eigenvalue weighted by atomic mass is 32.2. The van der Waals surface area contributed by atoms with E-state index in [9.17, 15) is 42.0 Å². The van der Waals surface area contributed by atoms with Crippen LogP contribution in [0.5, 0.6) is 0 Å². The Morgan fingerprint density at radius 1 is 0.341 bits per heavy atom. The number of rotatable bonds is 0. The van der Waals surface area contributed by atoms with E-state index in [4.69, 9.17) is 18.9 Å². The van der Waals surface area contributed by atoms with Crippen LogP contribution in [0.3, 0.4) is 0 Å². The lowest BCUT2D eigenvalue weighted by atomic mass is 10.0. The van der Waals surface area contributed by atoms with Crippen molar-refractivity contribution in [2.45, 2.75) is 302 Å². The molecule has 0 aromatic rings. The average Bonchev–Trinajstić information content (AvgIpc) is 1.73. The number of allylic oxidation sites excluding steroid dienone is 1. The van der Waals surface area contributed by atoms with E-state index in [0.29, 0.717) is 73.7 Å². The molecule has 3 aliphatic carbocycles. The fourth-order valence-electron chi connectivity index (χ4n) is 13.9. The third-order valence-electron chi connectivity index (χ3n) is 21.9. The fraction of sp³-hybridized carbons (Fsp3) is 0.832. The monoisotopic (exact) mass is 2030 g/mol. The molecule has 3 saturated carbocycles. The van der Waals surface area contributed by atoms with E-state index >= 15 is 0 Å². The summed E-state index contributed by atoms with van der Waals surface area (Å²) in [6.07, 6.45) is 67.2. The number of sulfone groups is 1. The van der Waals surface area contributed by atoms with E-state index < -0.39 is 9.84 Å². The summed E-state index contributed by atoms with van der Waals surface area (Å²) in [5, 5.41) is 37.4. The third kappa shape index (κ3) is 104. The molecule has 2 bridgehead atoms. The van der Waals surface area contributed by atoms with Crippen LogP contribution in [0, 0.1) is 0 Å². The number of cyclic esters (lactones) is 3. The Bertz CT molecular complexity index is 2560. The van der Waals surface area contributed by atoms with Gasteiger partial charge in [-0.05, 0) is 273 Å². The van der Waals surface area contributed by atoms with Crippen LogP contribution in [-0.2, 0) is 81.2 Å². The molecule has 22 heterocycles. The Kier molecular flexibility index (Phi) is 100. The Labute approximate surface area is 846 Å². The second-order valence-corrected chi connectivity index (χ2v) is 40.0. The quantitative estimate of drug-likeness (QED) is 0.0464. The number of esters is 2. The Balaban J connectivity index is 0.000000721. The van der Waals surface area contributed by atoms with Gasteiger partial charge in [0.1, 0.15) is 33.8 Å². The fourth-order valence-corrected chi connectivity index (χ4v) is 17.5. The molecule has 0 atom stereocenters. The summed E-state index contributed by atoms with van der Waals surface area (Å²) in [4.78, 5) is 78.6. The number of Topliss-reactive ketones (excluding diaryl/α,β-unsaturated/α-hetero) is 3. The van der Waals surface area contributed by atoms with Crippen LogP contribution in [0.1, 0.15) is 290 Å². The van der Waals surface area contributed by atoms with Crippen LogP contribution in [0.25, 0.3) is 0 Å².